The van der Waals surface area contributed by atoms with E-state index in [9.17, 15) is 29.3 Å². The van der Waals surface area contributed by atoms with Crippen LogP contribution in [0.1, 0.15) is 136 Å². The number of quaternary nitrogens is 1. The minimum absolute atomic E-state index is 0.0663. The van der Waals surface area contributed by atoms with E-state index in [4.69, 9.17) is 18.5 Å². The number of aliphatic hydroxyl groups is 2. The lowest BCUT2D eigenvalue weighted by atomic mass is 10.0. The van der Waals surface area contributed by atoms with Crippen LogP contribution in [0, 0.1) is 0 Å². The summed E-state index contributed by atoms with van der Waals surface area (Å²) in [4.78, 5) is 37.5. The summed E-state index contributed by atoms with van der Waals surface area (Å²) in [7, 11) is 1.04. The van der Waals surface area contributed by atoms with Crippen molar-refractivity contribution in [3.05, 3.63) is 72.9 Å². The summed E-state index contributed by atoms with van der Waals surface area (Å²) in [5, 5.41) is 20.0. The third-order valence-electron chi connectivity index (χ3n) is 8.67. The number of hydrogen-bond donors (Lipinski definition) is 2. The maximum Gasteiger partial charge on any atom is 0.306 e. The van der Waals surface area contributed by atoms with Crippen molar-refractivity contribution in [3.63, 3.8) is 0 Å². The van der Waals surface area contributed by atoms with Gasteiger partial charge in [0.05, 0.1) is 40.0 Å². The molecule has 0 aliphatic carbocycles. The summed E-state index contributed by atoms with van der Waals surface area (Å²) in [6.07, 6.45) is 37.2. The van der Waals surface area contributed by atoms with Crippen molar-refractivity contribution >= 4 is 19.8 Å². The predicted octanol–water partition coefficient (Wildman–Crippen LogP) is 9.16. The summed E-state index contributed by atoms with van der Waals surface area (Å²) in [5.74, 6) is -1.02. The summed E-state index contributed by atoms with van der Waals surface area (Å²) in [6.45, 7) is 3.78. The number of unbranched alkanes of at least 4 members (excludes halogenated alkanes) is 12. The van der Waals surface area contributed by atoms with E-state index in [-0.39, 0.29) is 26.1 Å². The summed E-state index contributed by atoms with van der Waals surface area (Å²) in [6, 6.07) is 0. The number of hydrogen-bond acceptors (Lipinski definition) is 10. The molecule has 0 saturated carbocycles. The Kier molecular flexibility index (Phi) is 34.8. The molecule has 0 radical (unpaired) electrons. The van der Waals surface area contributed by atoms with Crippen LogP contribution in [0.2, 0.25) is 0 Å². The van der Waals surface area contributed by atoms with Crippen molar-refractivity contribution in [1.29, 1.82) is 0 Å². The average Bonchev–Trinajstić information content (AvgIpc) is 3.15. The van der Waals surface area contributed by atoms with Crippen molar-refractivity contribution in [3.8, 4) is 0 Å². The van der Waals surface area contributed by atoms with Gasteiger partial charge in [-0.25, -0.2) is 0 Å². The summed E-state index contributed by atoms with van der Waals surface area (Å²) < 4.78 is 33.7. The molecule has 0 aliphatic rings. The van der Waals surface area contributed by atoms with Crippen LogP contribution >= 0.6 is 7.82 Å². The van der Waals surface area contributed by atoms with Gasteiger partial charge in [0.1, 0.15) is 19.8 Å². The topological polar surface area (TPSA) is 152 Å². The fourth-order valence-corrected chi connectivity index (χ4v) is 6.00. The lowest BCUT2D eigenvalue weighted by molar-refractivity contribution is -0.870. The average molecular weight is 824 g/mol. The predicted molar refractivity (Wildman–Crippen MR) is 229 cm³/mol. The number of carbonyl (C=O) groups excluding carboxylic acids is 2. The van der Waals surface area contributed by atoms with Gasteiger partial charge in [-0.05, 0) is 38.5 Å². The van der Waals surface area contributed by atoms with Crippen molar-refractivity contribution < 1.29 is 52.3 Å². The number of nitrogens with zero attached hydrogens (tertiary/aromatic N) is 1. The number of phosphoric acid groups is 1. The maximum absolute atomic E-state index is 12.6. The first-order valence-electron chi connectivity index (χ1n) is 21.4. The van der Waals surface area contributed by atoms with Gasteiger partial charge < -0.3 is 38.1 Å². The number of allylic oxidation sites excluding steroid dienone is 8. The Balaban J connectivity index is 4.62. The fraction of sp³-hybridized carbons (Fsp3) is 0.689. The lowest BCUT2D eigenvalue weighted by Gasteiger charge is -2.28. The van der Waals surface area contributed by atoms with Crippen LogP contribution in [0.3, 0.4) is 0 Å². The Morgan fingerprint density at radius 3 is 1.89 bits per heavy atom. The first kappa shape index (κ1) is 54.4. The highest BCUT2D eigenvalue weighted by molar-refractivity contribution is 7.45. The molecule has 0 aromatic rings. The molecule has 0 rings (SSSR count). The molecule has 57 heavy (non-hydrogen) atoms. The molecule has 0 aromatic heterocycles. The van der Waals surface area contributed by atoms with Crippen LogP contribution in [0.15, 0.2) is 72.9 Å². The smallest absolute Gasteiger partial charge is 0.306 e. The van der Waals surface area contributed by atoms with Gasteiger partial charge in [-0.3, -0.25) is 14.2 Å². The molecule has 0 fully saturated rings. The molecule has 0 aromatic carbocycles. The Morgan fingerprint density at radius 2 is 1.28 bits per heavy atom. The molecule has 0 aliphatic heterocycles. The second kappa shape index (κ2) is 36.4. The second-order valence-corrected chi connectivity index (χ2v) is 16.8. The first-order valence-corrected chi connectivity index (χ1v) is 22.8. The van der Waals surface area contributed by atoms with Gasteiger partial charge in [-0.15, -0.1) is 0 Å². The lowest BCUT2D eigenvalue weighted by Crippen LogP contribution is -2.37. The molecule has 1 unspecified atom stereocenters. The van der Waals surface area contributed by atoms with E-state index in [0.717, 1.165) is 25.7 Å². The Labute approximate surface area is 345 Å². The van der Waals surface area contributed by atoms with Crippen molar-refractivity contribution in [2.75, 3.05) is 47.5 Å². The van der Waals surface area contributed by atoms with Gasteiger partial charge in [-0.2, -0.15) is 0 Å². The van der Waals surface area contributed by atoms with E-state index in [1.807, 2.05) is 63.7 Å². The SMILES string of the molecule is CC/C=C\C[C@@H](O)/C=C/C=C\C/C=C\C=C\[C@@H](O)/C=C\CCCC(=O)OC[C@H](COP(=O)([O-])OCC[N+](C)(C)C)OC(=O)CCCCCCCCCCCCCC. The van der Waals surface area contributed by atoms with Crippen molar-refractivity contribution in [1.82, 2.24) is 0 Å². The van der Waals surface area contributed by atoms with Crippen LogP contribution in [0.5, 0.6) is 0 Å². The van der Waals surface area contributed by atoms with Crippen LogP contribution in [-0.4, -0.2) is 92.5 Å². The van der Waals surface area contributed by atoms with Crippen LogP contribution < -0.4 is 4.89 Å². The highest BCUT2D eigenvalue weighted by Gasteiger charge is 2.21. The molecule has 2 N–H and O–H groups in total. The van der Waals surface area contributed by atoms with Gasteiger partial charge in [-0.1, -0.05) is 157 Å². The number of ether oxygens (including phenoxy) is 2. The molecular weight excluding hydrogens is 745 g/mol. The number of esters is 2. The van der Waals surface area contributed by atoms with Gasteiger partial charge in [0.25, 0.3) is 7.82 Å². The molecule has 0 heterocycles. The third kappa shape index (κ3) is 40.0. The molecule has 4 atom stereocenters. The summed E-state index contributed by atoms with van der Waals surface area (Å²) in [5.41, 5.74) is 0. The zero-order valence-corrected chi connectivity index (χ0v) is 36.9. The quantitative estimate of drug-likeness (QED) is 0.0155. The van der Waals surface area contributed by atoms with E-state index in [0.29, 0.717) is 43.1 Å². The number of phosphoric ester groups is 1. The van der Waals surface area contributed by atoms with Gasteiger partial charge in [0, 0.05) is 12.8 Å². The Hall–Kier alpha value is -2.63. The zero-order valence-electron chi connectivity index (χ0n) is 36.0. The van der Waals surface area contributed by atoms with Gasteiger partial charge in [0.15, 0.2) is 6.10 Å². The molecular formula is C45H78NO10P. The molecule has 0 spiro atoms. The highest BCUT2D eigenvalue weighted by Crippen LogP contribution is 2.38. The van der Waals surface area contributed by atoms with Gasteiger partial charge >= 0.3 is 11.9 Å². The molecule has 12 heteroatoms. The zero-order chi connectivity index (χ0) is 42.5. The number of carbonyl (C=O) groups is 2. The number of rotatable bonds is 37. The Bertz CT molecular complexity index is 1240. The fourth-order valence-electron chi connectivity index (χ4n) is 5.28. The minimum atomic E-state index is -4.67. The normalized spacial score (nSPS) is 15.4. The highest BCUT2D eigenvalue weighted by atomic mass is 31.2. The largest absolute Gasteiger partial charge is 0.756 e. The van der Waals surface area contributed by atoms with Crippen molar-refractivity contribution in [2.45, 2.75) is 154 Å². The molecule has 11 nitrogen and oxygen atoms in total. The Morgan fingerprint density at radius 1 is 0.684 bits per heavy atom. The molecule has 0 saturated heterocycles. The first-order chi connectivity index (χ1) is 27.3. The van der Waals surface area contributed by atoms with E-state index < -0.39 is 44.7 Å². The molecule has 328 valence electrons. The monoisotopic (exact) mass is 824 g/mol. The standard InChI is InChI=1S/C45H78NO10P/c1-6-8-10-11-12-13-14-15-16-20-23-29-36-45(50)56-43(40-55-57(51,52)54-38-37-46(3,4)5)39-53-44(49)35-30-24-28-34-42(48)33-27-22-19-17-18-21-26-32-41(47)31-25-9-7-2/h9,18-19,21-22,25-28,32-34,41-43,47-48H,6-8,10-17,20,23-24,29-31,35-40H2,1-5H3/b21-18-,22-19-,25-9-,32-26+,33-27+,34-28-/t41-,42-,43-/m1/s1. The molecule has 0 bridgehead atoms. The van der Waals surface area contributed by atoms with E-state index in [1.54, 1.807) is 30.4 Å². The maximum atomic E-state index is 12.6. The number of likely N-dealkylation sites (N-methyl/N-ethyl adjacent to an activating group) is 1. The minimum Gasteiger partial charge on any atom is -0.756 e. The second-order valence-electron chi connectivity index (χ2n) is 15.4. The number of aliphatic hydroxyl groups excluding tert-OH is 2. The van der Waals surface area contributed by atoms with E-state index in [1.165, 1.54) is 51.4 Å². The van der Waals surface area contributed by atoms with Crippen LogP contribution in [-0.2, 0) is 32.7 Å². The van der Waals surface area contributed by atoms with E-state index in [2.05, 4.69) is 13.8 Å². The van der Waals surface area contributed by atoms with E-state index >= 15 is 0 Å². The van der Waals surface area contributed by atoms with Crippen LogP contribution in [0.4, 0.5) is 0 Å². The summed E-state index contributed by atoms with van der Waals surface area (Å²) >= 11 is 0. The van der Waals surface area contributed by atoms with Gasteiger partial charge in [0.2, 0.25) is 0 Å². The third-order valence-corrected chi connectivity index (χ3v) is 9.63. The van der Waals surface area contributed by atoms with Crippen LogP contribution in [0.25, 0.3) is 0 Å². The molecule has 0 amide bonds. The van der Waals surface area contributed by atoms with Crippen molar-refractivity contribution in [2.24, 2.45) is 0 Å².